The normalized spacial score (nSPS) is 22.4. The summed E-state index contributed by atoms with van der Waals surface area (Å²) >= 11 is 0. The highest BCUT2D eigenvalue weighted by molar-refractivity contribution is 5.78. The van der Waals surface area contributed by atoms with Gasteiger partial charge in [-0.3, -0.25) is 4.79 Å². The lowest BCUT2D eigenvalue weighted by atomic mass is 9.97. The SMILES string of the molecule is COc1ccc(OCC(=O)N2[C@H](C)CCC[C@@H]2C)cc1. The molecular weight excluding hydrogens is 254 g/mol. The molecule has 1 saturated heterocycles. The zero-order valence-corrected chi connectivity index (χ0v) is 12.5. The van der Waals surface area contributed by atoms with Crippen molar-refractivity contribution in [2.75, 3.05) is 13.7 Å². The van der Waals surface area contributed by atoms with Crippen LogP contribution in [0.1, 0.15) is 33.1 Å². The van der Waals surface area contributed by atoms with Crippen LogP contribution in [-0.4, -0.2) is 36.6 Å². The number of rotatable bonds is 4. The van der Waals surface area contributed by atoms with Crippen LogP contribution in [0.2, 0.25) is 0 Å². The summed E-state index contributed by atoms with van der Waals surface area (Å²) in [6.07, 6.45) is 3.36. The van der Waals surface area contributed by atoms with Crippen LogP contribution in [0.5, 0.6) is 11.5 Å². The van der Waals surface area contributed by atoms with Gasteiger partial charge >= 0.3 is 0 Å². The molecule has 110 valence electrons. The third kappa shape index (κ3) is 3.44. The molecule has 1 aliphatic heterocycles. The Morgan fingerprint density at radius 3 is 2.25 bits per heavy atom. The topological polar surface area (TPSA) is 38.8 Å². The van der Waals surface area contributed by atoms with Gasteiger partial charge in [-0.2, -0.15) is 0 Å². The molecule has 2 atom stereocenters. The van der Waals surface area contributed by atoms with Crippen molar-refractivity contribution in [2.45, 2.75) is 45.2 Å². The molecule has 1 aromatic rings. The van der Waals surface area contributed by atoms with Crippen molar-refractivity contribution in [3.8, 4) is 11.5 Å². The molecule has 0 N–H and O–H groups in total. The van der Waals surface area contributed by atoms with Gasteiger partial charge in [-0.25, -0.2) is 0 Å². The van der Waals surface area contributed by atoms with E-state index < -0.39 is 0 Å². The van der Waals surface area contributed by atoms with E-state index in [0.29, 0.717) is 17.8 Å². The predicted molar refractivity (Wildman–Crippen MR) is 78.1 cm³/mol. The van der Waals surface area contributed by atoms with Crippen molar-refractivity contribution in [1.29, 1.82) is 0 Å². The average molecular weight is 277 g/mol. The number of carbonyl (C=O) groups is 1. The van der Waals surface area contributed by atoms with Gasteiger partial charge < -0.3 is 14.4 Å². The lowest BCUT2D eigenvalue weighted by Crippen LogP contribution is -2.49. The predicted octanol–water partition coefficient (Wildman–Crippen LogP) is 2.86. The number of carbonyl (C=O) groups excluding carboxylic acids is 1. The Labute approximate surface area is 120 Å². The van der Waals surface area contributed by atoms with Crippen LogP contribution < -0.4 is 9.47 Å². The summed E-state index contributed by atoms with van der Waals surface area (Å²) in [7, 11) is 1.62. The molecule has 20 heavy (non-hydrogen) atoms. The Balaban J connectivity index is 1.90. The number of benzene rings is 1. The van der Waals surface area contributed by atoms with E-state index in [1.165, 1.54) is 6.42 Å². The van der Waals surface area contributed by atoms with Gasteiger partial charge in [-0.15, -0.1) is 0 Å². The van der Waals surface area contributed by atoms with Crippen molar-refractivity contribution in [3.05, 3.63) is 24.3 Å². The second-order valence-electron chi connectivity index (χ2n) is 5.39. The molecule has 1 fully saturated rings. The fourth-order valence-corrected chi connectivity index (χ4v) is 2.80. The van der Waals surface area contributed by atoms with Gasteiger partial charge in [0.05, 0.1) is 7.11 Å². The maximum Gasteiger partial charge on any atom is 0.260 e. The Bertz CT molecular complexity index is 434. The molecule has 1 amide bonds. The van der Waals surface area contributed by atoms with Crippen LogP contribution in [-0.2, 0) is 4.79 Å². The summed E-state index contributed by atoms with van der Waals surface area (Å²) in [5.41, 5.74) is 0. The van der Waals surface area contributed by atoms with Gasteiger partial charge in [0.25, 0.3) is 5.91 Å². The van der Waals surface area contributed by atoms with Gasteiger partial charge in [0.15, 0.2) is 6.61 Å². The van der Waals surface area contributed by atoms with E-state index in [-0.39, 0.29) is 12.5 Å². The lowest BCUT2D eigenvalue weighted by Gasteiger charge is -2.38. The first-order valence-electron chi connectivity index (χ1n) is 7.20. The number of hydrogen-bond donors (Lipinski definition) is 0. The summed E-state index contributed by atoms with van der Waals surface area (Å²) in [5.74, 6) is 1.54. The van der Waals surface area contributed by atoms with E-state index in [0.717, 1.165) is 18.6 Å². The van der Waals surface area contributed by atoms with Gasteiger partial charge in [-0.05, 0) is 57.4 Å². The van der Waals surface area contributed by atoms with Crippen molar-refractivity contribution in [1.82, 2.24) is 4.90 Å². The summed E-state index contributed by atoms with van der Waals surface area (Å²) in [5, 5.41) is 0. The molecule has 1 aromatic carbocycles. The molecule has 0 saturated carbocycles. The van der Waals surface area contributed by atoms with Gasteiger partial charge in [0, 0.05) is 12.1 Å². The lowest BCUT2D eigenvalue weighted by molar-refractivity contribution is -0.139. The number of piperidine rings is 1. The van der Waals surface area contributed by atoms with Crippen LogP contribution in [0, 0.1) is 0 Å². The molecule has 4 nitrogen and oxygen atoms in total. The molecule has 0 radical (unpaired) electrons. The first-order chi connectivity index (χ1) is 9.61. The highest BCUT2D eigenvalue weighted by Gasteiger charge is 2.28. The highest BCUT2D eigenvalue weighted by atomic mass is 16.5. The highest BCUT2D eigenvalue weighted by Crippen LogP contribution is 2.23. The molecule has 4 heteroatoms. The van der Waals surface area contributed by atoms with Crippen molar-refractivity contribution >= 4 is 5.91 Å². The first kappa shape index (κ1) is 14.7. The Morgan fingerprint density at radius 2 is 1.70 bits per heavy atom. The molecule has 0 unspecified atom stereocenters. The van der Waals surface area contributed by atoms with Crippen LogP contribution in [0.15, 0.2) is 24.3 Å². The molecule has 1 aliphatic rings. The van der Waals surface area contributed by atoms with Crippen molar-refractivity contribution < 1.29 is 14.3 Å². The standard InChI is InChI=1S/C16H23NO3/c1-12-5-4-6-13(2)17(12)16(18)11-20-15-9-7-14(19-3)8-10-15/h7-10,12-13H,4-6,11H2,1-3H3/t12-,13+. The fourth-order valence-electron chi connectivity index (χ4n) is 2.80. The zero-order valence-electron chi connectivity index (χ0n) is 12.5. The zero-order chi connectivity index (χ0) is 14.5. The third-order valence-corrected chi connectivity index (χ3v) is 3.90. The third-order valence-electron chi connectivity index (χ3n) is 3.90. The molecule has 0 aliphatic carbocycles. The summed E-state index contributed by atoms with van der Waals surface area (Å²) in [6, 6.07) is 7.90. The van der Waals surface area contributed by atoms with E-state index in [1.54, 1.807) is 7.11 Å². The maximum absolute atomic E-state index is 12.3. The molecule has 0 spiro atoms. The monoisotopic (exact) mass is 277 g/mol. The average Bonchev–Trinajstić information content (AvgIpc) is 2.45. The number of hydrogen-bond acceptors (Lipinski definition) is 3. The van der Waals surface area contributed by atoms with Crippen LogP contribution >= 0.6 is 0 Å². The van der Waals surface area contributed by atoms with Gasteiger partial charge in [0.2, 0.25) is 0 Å². The second-order valence-corrected chi connectivity index (χ2v) is 5.39. The quantitative estimate of drug-likeness (QED) is 0.849. The number of nitrogens with zero attached hydrogens (tertiary/aromatic N) is 1. The number of amides is 1. The van der Waals surface area contributed by atoms with Gasteiger partial charge in [0.1, 0.15) is 11.5 Å². The molecule has 2 rings (SSSR count). The molecule has 0 bridgehead atoms. The van der Waals surface area contributed by atoms with Crippen LogP contribution in [0.25, 0.3) is 0 Å². The van der Waals surface area contributed by atoms with Gasteiger partial charge in [-0.1, -0.05) is 0 Å². The first-order valence-corrected chi connectivity index (χ1v) is 7.20. The molecular formula is C16H23NO3. The van der Waals surface area contributed by atoms with E-state index in [9.17, 15) is 4.79 Å². The number of methoxy groups -OCH3 is 1. The van der Waals surface area contributed by atoms with Crippen LogP contribution in [0.4, 0.5) is 0 Å². The largest absolute Gasteiger partial charge is 0.497 e. The van der Waals surface area contributed by atoms with E-state index in [4.69, 9.17) is 9.47 Å². The second kappa shape index (κ2) is 6.64. The Kier molecular flexibility index (Phi) is 4.88. The maximum atomic E-state index is 12.3. The summed E-state index contributed by atoms with van der Waals surface area (Å²) in [6.45, 7) is 4.32. The van der Waals surface area contributed by atoms with Crippen molar-refractivity contribution in [2.24, 2.45) is 0 Å². The Morgan fingerprint density at radius 1 is 1.15 bits per heavy atom. The minimum atomic E-state index is 0.0699. The minimum absolute atomic E-state index is 0.0699. The molecule has 0 aromatic heterocycles. The number of ether oxygens (including phenoxy) is 2. The van der Waals surface area contributed by atoms with Crippen molar-refractivity contribution in [3.63, 3.8) is 0 Å². The minimum Gasteiger partial charge on any atom is -0.497 e. The summed E-state index contributed by atoms with van der Waals surface area (Å²) < 4.78 is 10.7. The smallest absolute Gasteiger partial charge is 0.260 e. The van der Waals surface area contributed by atoms with Crippen LogP contribution in [0.3, 0.4) is 0 Å². The number of likely N-dealkylation sites (tertiary alicyclic amines) is 1. The van der Waals surface area contributed by atoms with E-state index >= 15 is 0 Å². The Hall–Kier alpha value is -1.71. The van der Waals surface area contributed by atoms with E-state index in [2.05, 4.69) is 13.8 Å². The fraction of sp³-hybridized carbons (Fsp3) is 0.562. The van der Waals surface area contributed by atoms with E-state index in [1.807, 2.05) is 29.2 Å². The molecule has 1 heterocycles. The summed E-state index contributed by atoms with van der Waals surface area (Å²) in [4.78, 5) is 14.3.